The van der Waals surface area contributed by atoms with Gasteiger partial charge in [0, 0.05) is 37.9 Å². The molecule has 5 nitrogen and oxygen atoms in total. The topological polar surface area (TPSA) is 56.1 Å². The average molecular weight is 273 g/mol. The van der Waals surface area contributed by atoms with E-state index in [4.69, 9.17) is 0 Å². The highest BCUT2D eigenvalue weighted by Crippen LogP contribution is 2.16. The number of hydrogen-bond acceptors (Lipinski definition) is 5. The third-order valence-electron chi connectivity index (χ3n) is 3.86. The average Bonchev–Trinajstić information content (AvgIpc) is 2.53. The molecule has 0 aliphatic carbocycles. The summed E-state index contributed by atoms with van der Waals surface area (Å²) in [6.45, 7) is 7.97. The van der Waals surface area contributed by atoms with Crippen LogP contribution < -0.4 is 4.90 Å². The van der Waals surface area contributed by atoms with Crippen molar-refractivity contribution in [3.8, 4) is 6.07 Å². The molecule has 0 radical (unpaired) electrons. The maximum Gasteiger partial charge on any atom is 0.132 e. The minimum atomic E-state index is 0.0683. The summed E-state index contributed by atoms with van der Waals surface area (Å²) in [6, 6.07) is 4.57. The second kappa shape index (κ2) is 7.20. The summed E-state index contributed by atoms with van der Waals surface area (Å²) in [5.41, 5.74) is 1.08. The molecule has 1 saturated heterocycles. The lowest BCUT2D eigenvalue weighted by Crippen LogP contribution is -2.50. The van der Waals surface area contributed by atoms with E-state index in [1.54, 1.807) is 6.33 Å². The van der Waals surface area contributed by atoms with Crippen molar-refractivity contribution in [2.24, 2.45) is 0 Å². The third kappa shape index (κ3) is 3.45. The molecule has 0 aromatic carbocycles. The summed E-state index contributed by atoms with van der Waals surface area (Å²) in [7, 11) is 0. The van der Waals surface area contributed by atoms with Crippen molar-refractivity contribution in [3.63, 3.8) is 0 Å². The highest BCUT2D eigenvalue weighted by atomic mass is 15.3. The van der Waals surface area contributed by atoms with Crippen molar-refractivity contribution in [3.05, 3.63) is 18.1 Å². The van der Waals surface area contributed by atoms with Gasteiger partial charge in [0.15, 0.2) is 0 Å². The Kier molecular flexibility index (Phi) is 5.31. The van der Waals surface area contributed by atoms with Crippen LogP contribution >= 0.6 is 0 Å². The Morgan fingerprint density at radius 3 is 2.60 bits per heavy atom. The quantitative estimate of drug-likeness (QED) is 0.819. The van der Waals surface area contributed by atoms with Gasteiger partial charge < -0.3 is 4.90 Å². The Morgan fingerprint density at radius 2 is 2.00 bits per heavy atom. The zero-order valence-corrected chi connectivity index (χ0v) is 12.4. The normalized spacial score (nSPS) is 17.8. The number of aryl methyl sites for hydroxylation is 1. The number of hydrogen-bond donors (Lipinski definition) is 0. The molecule has 1 unspecified atom stereocenters. The molecule has 1 fully saturated rings. The van der Waals surface area contributed by atoms with Crippen LogP contribution in [0.25, 0.3) is 0 Å². The first-order valence-corrected chi connectivity index (χ1v) is 7.48. The minimum Gasteiger partial charge on any atom is -0.354 e. The van der Waals surface area contributed by atoms with Crippen LogP contribution in [0.2, 0.25) is 0 Å². The van der Waals surface area contributed by atoms with Crippen LogP contribution in [0.15, 0.2) is 12.4 Å². The van der Waals surface area contributed by atoms with E-state index in [-0.39, 0.29) is 6.04 Å². The molecule has 0 saturated carbocycles. The smallest absolute Gasteiger partial charge is 0.132 e. The molecule has 2 heterocycles. The van der Waals surface area contributed by atoms with Gasteiger partial charge in [0.1, 0.15) is 12.1 Å². The van der Waals surface area contributed by atoms with Gasteiger partial charge in [0.05, 0.1) is 12.1 Å². The van der Waals surface area contributed by atoms with Crippen LogP contribution in [-0.4, -0.2) is 47.1 Å². The second-order valence-corrected chi connectivity index (χ2v) is 5.18. The fourth-order valence-corrected chi connectivity index (χ4v) is 2.62. The monoisotopic (exact) mass is 273 g/mol. The SMILES string of the molecule is CCCC(C#N)N1CCN(c2cc(CC)ncn2)CC1. The van der Waals surface area contributed by atoms with Gasteiger partial charge in [-0.25, -0.2) is 9.97 Å². The van der Waals surface area contributed by atoms with Crippen LogP contribution in [0.3, 0.4) is 0 Å². The third-order valence-corrected chi connectivity index (χ3v) is 3.86. The molecule has 5 heteroatoms. The van der Waals surface area contributed by atoms with Crippen molar-refractivity contribution in [1.29, 1.82) is 5.26 Å². The lowest BCUT2D eigenvalue weighted by atomic mass is 10.1. The fraction of sp³-hybridized carbons (Fsp3) is 0.667. The van der Waals surface area contributed by atoms with Crippen molar-refractivity contribution >= 4 is 5.82 Å². The first-order valence-electron chi connectivity index (χ1n) is 7.48. The van der Waals surface area contributed by atoms with Crippen molar-refractivity contribution in [1.82, 2.24) is 14.9 Å². The van der Waals surface area contributed by atoms with E-state index in [0.717, 1.165) is 57.0 Å². The van der Waals surface area contributed by atoms with Gasteiger partial charge in [-0.1, -0.05) is 20.3 Å². The molecular weight excluding hydrogens is 250 g/mol. The Bertz CT molecular complexity index is 460. The zero-order valence-electron chi connectivity index (χ0n) is 12.4. The predicted molar refractivity (Wildman–Crippen MR) is 79.5 cm³/mol. The van der Waals surface area contributed by atoms with Gasteiger partial charge >= 0.3 is 0 Å². The van der Waals surface area contributed by atoms with Crippen LogP contribution in [0.4, 0.5) is 5.82 Å². The molecule has 0 spiro atoms. The number of piperazine rings is 1. The molecule has 1 atom stereocenters. The molecule has 20 heavy (non-hydrogen) atoms. The summed E-state index contributed by atoms with van der Waals surface area (Å²) < 4.78 is 0. The number of rotatable bonds is 5. The minimum absolute atomic E-state index is 0.0683. The van der Waals surface area contributed by atoms with E-state index in [1.807, 2.05) is 0 Å². The fourth-order valence-electron chi connectivity index (χ4n) is 2.62. The van der Waals surface area contributed by atoms with Gasteiger partial charge in [-0.05, 0) is 12.8 Å². The van der Waals surface area contributed by atoms with Crippen molar-refractivity contribution < 1.29 is 0 Å². The Hall–Kier alpha value is -1.67. The molecule has 1 aromatic rings. The first kappa shape index (κ1) is 14.7. The van der Waals surface area contributed by atoms with E-state index in [2.05, 4.69) is 45.8 Å². The van der Waals surface area contributed by atoms with Crippen molar-refractivity contribution in [2.45, 2.75) is 39.2 Å². The molecule has 0 amide bonds. The summed E-state index contributed by atoms with van der Waals surface area (Å²) in [6.07, 6.45) is 4.60. The summed E-state index contributed by atoms with van der Waals surface area (Å²) in [4.78, 5) is 13.2. The van der Waals surface area contributed by atoms with Gasteiger partial charge in [-0.15, -0.1) is 0 Å². The number of nitriles is 1. The summed E-state index contributed by atoms with van der Waals surface area (Å²) in [5.74, 6) is 1.01. The van der Waals surface area contributed by atoms with E-state index in [9.17, 15) is 5.26 Å². The van der Waals surface area contributed by atoms with Crippen LogP contribution in [0.1, 0.15) is 32.4 Å². The highest BCUT2D eigenvalue weighted by molar-refractivity contribution is 5.39. The molecule has 1 aliphatic rings. The maximum atomic E-state index is 9.23. The maximum absolute atomic E-state index is 9.23. The van der Waals surface area contributed by atoms with Gasteiger partial charge in [-0.3, -0.25) is 4.90 Å². The van der Waals surface area contributed by atoms with Crippen LogP contribution in [-0.2, 0) is 6.42 Å². The first-order chi connectivity index (χ1) is 9.78. The Balaban J connectivity index is 1.95. The van der Waals surface area contributed by atoms with E-state index in [1.165, 1.54) is 0 Å². The Morgan fingerprint density at radius 1 is 1.25 bits per heavy atom. The van der Waals surface area contributed by atoms with E-state index < -0.39 is 0 Å². The van der Waals surface area contributed by atoms with Gasteiger partial charge in [-0.2, -0.15) is 5.26 Å². The molecule has 2 rings (SSSR count). The van der Waals surface area contributed by atoms with E-state index >= 15 is 0 Å². The van der Waals surface area contributed by atoms with Crippen LogP contribution in [0.5, 0.6) is 0 Å². The standard InChI is InChI=1S/C15H23N5/c1-3-5-14(11-16)19-6-8-20(9-7-19)15-10-13(4-2)17-12-18-15/h10,12,14H,3-9H2,1-2H3. The number of aromatic nitrogens is 2. The summed E-state index contributed by atoms with van der Waals surface area (Å²) in [5, 5.41) is 9.23. The number of anilines is 1. The lowest BCUT2D eigenvalue weighted by Gasteiger charge is -2.37. The second-order valence-electron chi connectivity index (χ2n) is 5.18. The van der Waals surface area contributed by atoms with Crippen molar-refractivity contribution in [2.75, 3.05) is 31.1 Å². The molecule has 1 aliphatic heterocycles. The molecule has 0 bridgehead atoms. The van der Waals surface area contributed by atoms with E-state index in [0.29, 0.717) is 0 Å². The Labute approximate surface area is 121 Å². The molecule has 0 N–H and O–H groups in total. The number of nitrogens with zero attached hydrogens (tertiary/aromatic N) is 5. The summed E-state index contributed by atoms with van der Waals surface area (Å²) >= 11 is 0. The molecule has 108 valence electrons. The highest BCUT2D eigenvalue weighted by Gasteiger charge is 2.23. The van der Waals surface area contributed by atoms with Crippen LogP contribution in [0, 0.1) is 11.3 Å². The predicted octanol–water partition coefficient (Wildman–Crippen LogP) is 1.85. The van der Waals surface area contributed by atoms with Gasteiger partial charge in [0.25, 0.3) is 0 Å². The van der Waals surface area contributed by atoms with Gasteiger partial charge in [0.2, 0.25) is 0 Å². The zero-order chi connectivity index (χ0) is 14.4. The lowest BCUT2D eigenvalue weighted by molar-refractivity contribution is 0.211. The molecular formula is C15H23N5. The molecule has 1 aromatic heterocycles. The largest absolute Gasteiger partial charge is 0.354 e.